The highest BCUT2D eigenvalue weighted by atomic mass is 16.4. The quantitative estimate of drug-likeness (QED) is 0.647. The Balaban J connectivity index is 2.29. The molecule has 96 valence electrons. The summed E-state index contributed by atoms with van der Waals surface area (Å²) in [6.07, 6.45) is 0. The van der Waals surface area contributed by atoms with Crippen LogP contribution < -0.4 is 5.46 Å². The van der Waals surface area contributed by atoms with Crippen molar-refractivity contribution in [1.82, 2.24) is 0 Å². The standard InChI is InChI=1S/C15H16BNO2/c1-11-5-3-4-6-15(11)17-12(2)13-7-9-14(10-8-13)16(18)19/h3-10,18-19H,1-2H3. The van der Waals surface area contributed by atoms with E-state index in [0.29, 0.717) is 5.46 Å². The Hall–Kier alpha value is -1.91. The first-order valence-corrected chi connectivity index (χ1v) is 6.15. The number of benzene rings is 2. The average Bonchev–Trinajstić information content (AvgIpc) is 2.41. The van der Waals surface area contributed by atoms with E-state index in [2.05, 4.69) is 4.99 Å². The summed E-state index contributed by atoms with van der Waals surface area (Å²) < 4.78 is 0. The summed E-state index contributed by atoms with van der Waals surface area (Å²) in [7, 11) is -1.43. The number of para-hydroxylation sites is 1. The van der Waals surface area contributed by atoms with Crippen LogP contribution in [0.25, 0.3) is 0 Å². The molecule has 0 spiro atoms. The number of aliphatic imine (C=N–C) groups is 1. The minimum absolute atomic E-state index is 0.479. The minimum atomic E-state index is -1.43. The number of hydrogen-bond donors (Lipinski definition) is 2. The molecule has 2 rings (SSSR count). The number of hydrogen-bond acceptors (Lipinski definition) is 3. The summed E-state index contributed by atoms with van der Waals surface area (Å²) in [5.41, 5.74) is 4.42. The van der Waals surface area contributed by atoms with Crippen molar-refractivity contribution < 1.29 is 10.0 Å². The topological polar surface area (TPSA) is 52.8 Å². The molecule has 2 aromatic carbocycles. The first kappa shape index (κ1) is 13.5. The SMILES string of the molecule is CC(=Nc1ccccc1C)c1ccc(B(O)O)cc1. The van der Waals surface area contributed by atoms with Gasteiger partial charge in [-0.2, -0.15) is 0 Å². The van der Waals surface area contributed by atoms with Gasteiger partial charge in [0, 0.05) is 5.71 Å². The van der Waals surface area contributed by atoms with Crippen molar-refractivity contribution in [3.63, 3.8) is 0 Å². The van der Waals surface area contributed by atoms with Crippen LogP contribution in [0.3, 0.4) is 0 Å². The lowest BCUT2D eigenvalue weighted by atomic mass is 9.80. The van der Waals surface area contributed by atoms with Crippen molar-refractivity contribution in [3.05, 3.63) is 59.7 Å². The summed E-state index contributed by atoms with van der Waals surface area (Å²) in [5, 5.41) is 18.1. The highest BCUT2D eigenvalue weighted by Crippen LogP contribution is 2.18. The van der Waals surface area contributed by atoms with E-state index < -0.39 is 7.12 Å². The molecular weight excluding hydrogens is 237 g/mol. The molecule has 0 atom stereocenters. The fourth-order valence-electron chi connectivity index (χ4n) is 1.83. The maximum atomic E-state index is 9.05. The second-order valence-electron chi connectivity index (χ2n) is 4.48. The van der Waals surface area contributed by atoms with Crippen molar-refractivity contribution in [2.24, 2.45) is 4.99 Å². The zero-order valence-corrected chi connectivity index (χ0v) is 11.0. The summed E-state index contributed by atoms with van der Waals surface area (Å²) in [6, 6.07) is 15.0. The van der Waals surface area contributed by atoms with E-state index in [4.69, 9.17) is 10.0 Å². The predicted octanol–water partition coefficient (Wildman–Crippen LogP) is 1.82. The van der Waals surface area contributed by atoms with Crippen LogP contribution in [0.2, 0.25) is 0 Å². The van der Waals surface area contributed by atoms with Crippen molar-refractivity contribution in [1.29, 1.82) is 0 Å². The van der Waals surface area contributed by atoms with Crippen LogP contribution in [0.4, 0.5) is 5.69 Å². The Labute approximate surface area is 113 Å². The molecule has 2 N–H and O–H groups in total. The zero-order chi connectivity index (χ0) is 13.8. The molecule has 0 radical (unpaired) electrons. The predicted molar refractivity (Wildman–Crippen MR) is 79.3 cm³/mol. The fourth-order valence-corrected chi connectivity index (χ4v) is 1.83. The van der Waals surface area contributed by atoms with Gasteiger partial charge in [0.25, 0.3) is 0 Å². The van der Waals surface area contributed by atoms with Gasteiger partial charge in [-0.05, 0) is 36.5 Å². The highest BCUT2D eigenvalue weighted by Gasteiger charge is 2.10. The monoisotopic (exact) mass is 253 g/mol. The third-order valence-electron chi connectivity index (χ3n) is 3.03. The van der Waals surface area contributed by atoms with E-state index in [-0.39, 0.29) is 0 Å². The van der Waals surface area contributed by atoms with E-state index in [1.54, 1.807) is 12.1 Å². The molecule has 0 saturated carbocycles. The molecule has 0 bridgehead atoms. The Morgan fingerprint density at radius 1 is 1.00 bits per heavy atom. The third kappa shape index (κ3) is 3.31. The van der Waals surface area contributed by atoms with Gasteiger partial charge in [0.15, 0.2) is 0 Å². The average molecular weight is 253 g/mol. The van der Waals surface area contributed by atoms with Crippen LogP contribution in [0, 0.1) is 6.92 Å². The Morgan fingerprint density at radius 3 is 2.21 bits per heavy atom. The second kappa shape index (κ2) is 5.82. The molecule has 2 aromatic rings. The van der Waals surface area contributed by atoms with Crippen LogP contribution in [-0.4, -0.2) is 22.9 Å². The minimum Gasteiger partial charge on any atom is -0.423 e. The summed E-state index contributed by atoms with van der Waals surface area (Å²) >= 11 is 0. The van der Waals surface area contributed by atoms with E-state index in [1.165, 1.54) is 0 Å². The molecular formula is C15H16BNO2. The van der Waals surface area contributed by atoms with Crippen molar-refractivity contribution in [2.75, 3.05) is 0 Å². The van der Waals surface area contributed by atoms with Gasteiger partial charge in [-0.15, -0.1) is 0 Å². The normalized spacial score (nSPS) is 11.5. The lowest BCUT2D eigenvalue weighted by Gasteiger charge is -2.05. The molecule has 0 unspecified atom stereocenters. The van der Waals surface area contributed by atoms with Gasteiger partial charge in [-0.25, -0.2) is 0 Å². The number of aryl methyl sites for hydroxylation is 1. The van der Waals surface area contributed by atoms with Gasteiger partial charge < -0.3 is 10.0 Å². The smallest absolute Gasteiger partial charge is 0.423 e. The van der Waals surface area contributed by atoms with Gasteiger partial charge >= 0.3 is 7.12 Å². The van der Waals surface area contributed by atoms with Gasteiger partial charge in [-0.3, -0.25) is 4.99 Å². The first-order valence-electron chi connectivity index (χ1n) is 6.15. The fraction of sp³-hybridized carbons (Fsp3) is 0.133. The molecule has 0 aliphatic rings. The molecule has 0 saturated heterocycles. The van der Waals surface area contributed by atoms with Crippen LogP contribution in [-0.2, 0) is 0 Å². The molecule has 0 aromatic heterocycles. The zero-order valence-electron chi connectivity index (χ0n) is 11.0. The lowest BCUT2D eigenvalue weighted by Crippen LogP contribution is -2.29. The molecule has 0 amide bonds. The third-order valence-corrected chi connectivity index (χ3v) is 3.03. The maximum Gasteiger partial charge on any atom is 0.488 e. The van der Waals surface area contributed by atoms with Gasteiger partial charge in [-0.1, -0.05) is 42.5 Å². The van der Waals surface area contributed by atoms with Crippen molar-refractivity contribution in [2.45, 2.75) is 13.8 Å². The largest absolute Gasteiger partial charge is 0.488 e. The van der Waals surface area contributed by atoms with Crippen LogP contribution in [0.1, 0.15) is 18.1 Å². The Bertz CT molecular complexity index is 591. The molecule has 0 heterocycles. The van der Waals surface area contributed by atoms with E-state index >= 15 is 0 Å². The molecule has 3 nitrogen and oxygen atoms in total. The van der Waals surface area contributed by atoms with E-state index in [9.17, 15) is 0 Å². The summed E-state index contributed by atoms with van der Waals surface area (Å²) in [5.74, 6) is 0. The van der Waals surface area contributed by atoms with Gasteiger partial charge in [0.1, 0.15) is 0 Å². The molecule has 4 heteroatoms. The molecule has 19 heavy (non-hydrogen) atoms. The number of nitrogens with zero attached hydrogens (tertiary/aromatic N) is 1. The second-order valence-corrected chi connectivity index (χ2v) is 4.48. The first-order chi connectivity index (χ1) is 9.08. The number of rotatable bonds is 3. The van der Waals surface area contributed by atoms with E-state index in [0.717, 1.165) is 22.5 Å². The van der Waals surface area contributed by atoms with Crippen LogP contribution in [0.5, 0.6) is 0 Å². The molecule has 0 aliphatic heterocycles. The summed E-state index contributed by atoms with van der Waals surface area (Å²) in [6.45, 7) is 3.97. The maximum absolute atomic E-state index is 9.05. The Morgan fingerprint density at radius 2 is 1.63 bits per heavy atom. The Kier molecular flexibility index (Phi) is 4.15. The lowest BCUT2D eigenvalue weighted by molar-refractivity contribution is 0.426. The van der Waals surface area contributed by atoms with Crippen molar-refractivity contribution in [3.8, 4) is 0 Å². The van der Waals surface area contributed by atoms with Crippen LogP contribution >= 0.6 is 0 Å². The molecule has 0 fully saturated rings. The van der Waals surface area contributed by atoms with Gasteiger partial charge in [0.05, 0.1) is 5.69 Å². The van der Waals surface area contributed by atoms with E-state index in [1.807, 2.05) is 50.2 Å². The van der Waals surface area contributed by atoms with Crippen molar-refractivity contribution >= 4 is 24.0 Å². The highest BCUT2D eigenvalue weighted by molar-refractivity contribution is 6.58. The summed E-state index contributed by atoms with van der Waals surface area (Å²) in [4.78, 5) is 4.59. The molecule has 0 aliphatic carbocycles. The van der Waals surface area contributed by atoms with Gasteiger partial charge in [0.2, 0.25) is 0 Å². The van der Waals surface area contributed by atoms with Crippen LogP contribution in [0.15, 0.2) is 53.5 Å².